The second-order valence-corrected chi connectivity index (χ2v) is 5.93. The fourth-order valence-electron chi connectivity index (χ4n) is 1.74. The van der Waals surface area contributed by atoms with Crippen LogP contribution in [0.25, 0.3) is 0 Å². The smallest absolute Gasteiger partial charge is 0.0549 e. The Hall–Kier alpha value is -0.710. The average molecular weight is 269 g/mol. The van der Waals surface area contributed by atoms with E-state index in [0.29, 0.717) is 0 Å². The number of rotatable bonds is 7. The normalized spacial score (nSPS) is 16.2. The molecule has 3 nitrogen and oxygen atoms in total. The summed E-state index contributed by atoms with van der Waals surface area (Å²) in [4.78, 5) is 0.854. The molecule has 0 saturated heterocycles. The van der Waals surface area contributed by atoms with Gasteiger partial charge in [0, 0.05) is 28.0 Å². The van der Waals surface area contributed by atoms with Crippen LogP contribution in [0.2, 0.25) is 0 Å². The zero-order valence-corrected chi connectivity index (χ0v) is 12.2. The molecule has 0 aliphatic heterocycles. The summed E-state index contributed by atoms with van der Waals surface area (Å²) in [5.41, 5.74) is 1.18. The van der Waals surface area contributed by atoms with Crippen LogP contribution >= 0.6 is 0 Å². The van der Waals surface area contributed by atoms with Crippen molar-refractivity contribution < 1.29 is 9.32 Å². The van der Waals surface area contributed by atoms with Crippen LogP contribution in [0.3, 0.4) is 0 Å². The first-order valence-electron chi connectivity index (χ1n) is 6.39. The topological polar surface area (TPSA) is 49.3 Å². The van der Waals surface area contributed by atoms with Gasteiger partial charge in [0.15, 0.2) is 0 Å². The first kappa shape index (κ1) is 15.3. The largest absolute Gasteiger partial charge is 0.393 e. The van der Waals surface area contributed by atoms with Crippen LogP contribution in [0, 0.1) is 0 Å². The standard InChI is InChI=1S/C14H23NO2S/c1-4-13(16)9-10-15-11(2)12-5-7-14(8-6-12)18(3)17/h5-8,11,13,15-16H,4,9-10H2,1-3H3. The molecule has 4 heteroatoms. The van der Waals surface area contributed by atoms with Crippen LogP contribution in [-0.2, 0) is 10.8 Å². The van der Waals surface area contributed by atoms with E-state index in [1.54, 1.807) is 6.26 Å². The van der Waals surface area contributed by atoms with Gasteiger partial charge in [0.2, 0.25) is 0 Å². The quantitative estimate of drug-likeness (QED) is 0.798. The summed E-state index contributed by atoms with van der Waals surface area (Å²) in [5, 5.41) is 12.8. The van der Waals surface area contributed by atoms with Crippen molar-refractivity contribution in [2.24, 2.45) is 0 Å². The summed E-state index contributed by atoms with van der Waals surface area (Å²) >= 11 is 0. The van der Waals surface area contributed by atoms with E-state index in [-0.39, 0.29) is 12.1 Å². The van der Waals surface area contributed by atoms with E-state index in [1.165, 1.54) is 5.56 Å². The second kappa shape index (κ2) is 7.67. The maximum absolute atomic E-state index is 11.3. The van der Waals surface area contributed by atoms with Gasteiger partial charge in [-0.3, -0.25) is 4.21 Å². The molecule has 18 heavy (non-hydrogen) atoms. The van der Waals surface area contributed by atoms with E-state index in [9.17, 15) is 9.32 Å². The zero-order chi connectivity index (χ0) is 13.5. The third-order valence-corrected chi connectivity index (χ3v) is 4.05. The molecule has 102 valence electrons. The van der Waals surface area contributed by atoms with Crippen molar-refractivity contribution in [3.8, 4) is 0 Å². The lowest BCUT2D eigenvalue weighted by molar-refractivity contribution is 0.159. The Morgan fingerprint density at radius 1 is 1.33 bits per heavy atom. The summed E-state index contributed by atoms with van der Waals surface area (Å²) < 4.78 is 11.3. The highest BCUT2D eigenvalue weighted by Gasteiger charge is 2.06. The number of benzene rings is 1. The van der Waals surface area contributed by atoms with Gasteiger partial charge in [-0.1, -0.05) is 19.1 Å². The molecule has 0 aliphatic rings. The minimum Gasteiger partial charge on any atom is -0.393 e. The molecule has 0 saturated carbocycles. The molecule has 2 N–H and O–H groups in total. The van der Waals surface area contributed by atoms with Crippen molar-refractivity contribution in [3.05, 3.63) is 29.8 Å². The zero-order valence-electron chi connectivity index (χ0n) is 11.3. The SMILES string of the molecule is CCC(O)CCNC(C)c1ccc(S(C)=O)cc1. The van der Waals surface area contributed by atoms with E-state index < -0.39 is 10.8 Å². The Labute approximate surface area is 112 Å². The maximum Gasteiger partial charge on any atom is 0.0549 e. The Kier molecular flexibility index (Phi) is 6.54. The maximum atomic E-state index is 11.3. The molecule has 0 spiro atoms. The molecule has 0 aromatic heterocycles. The Morgan fingerprint density at radius 2 is 1.94 bits per heavy atom. The van der Waals surface area contributed by atoms with Crippen LogP contribution in [-0.4, -0.2) is 28.2 Å². The number of hydrogen-bond donors (Lipinski definition) is 2. The van der Waals surface area contributed by atoms with Crippen molar-refractivity contribution in [2.75, 3.05) is 12.8 Å². The van der Waals surface area contributed by atoms with Crippen LogP contribution in [0.4, 0.5) is 0 Å². The first-order chi connectivity index (χ1) is 8.54. The third kappa shape index (κ3) is 4.88. The molecule has 1 aromatic rings. The van der Waals surface area contributed by atoms with Crippen LogP contribution in [0.15, 0.2) is 29.2 Å². The van der Waals surface area contributed by atoms with Crippen molar-refractivity contribution in [1.29, 1.82) is 0 Å². The predicted molar refractivity (Wildman–Crippen MR) is 76.1 cm³/mol. The lowest BCUT2D eigenvalue weighted by Crippen LogP contribution is -2.23. The number of hydrogen-bond acceptors (Lipinski definition) is 3. The molecular weight excluding hydrogens is 246 g/mol. The molecule has 1 rings (SSSR count). The highest BCUT2D eigenvalue weighted by molar-refractivity contribution is 7.84. The molecule has 1 aromatic carbocycles. The number of aliphatic hydroxyl groups excluding tert-OH is 1. The monoisotopic (exact) mass is 269 g/mol. The van der Waals surface area contributed by atoms with E-state index in [4.69, 9.17) is 0 Å². The van der Waals surface area contributed by atoms with Gasteiger partial charge in [0.05, 0.1) is 6.10 Å². The molecule has 0 amide bonds. The Bertz CT molecular complexity index is 378. The molecular formula is C14H23NO2S. The van der Waals surface area contributed by atoms with Gasteiger partial charge >= 0.3 is 0 Å². The molecule has 0 heterocycles. The van der Waals surface area contributed by atoms with E-state index in [1.807, 2.05) is 31.2 Å². The van der Waals surface area contributed by atoms with Crippen molar-refractivity contribution in [3.63, 3.8) is 0 Å². The van der Waals surface area contributed by atoms with E-state index in [2.05, 4.69) is 12.2 Å². The predicted octanol–water partition coefficient (Wildman–Crippen LogP) is 2.24. The molecule has 3 unspecified atom stereocenters. The summed E-state index contributed by atoms with van der Waals surface area (Å²) in [7, 11) is -0.917. The van der Waals surface area contributed by atoms with Gasteiger partial charge in [-0.25, -0.2) is 0 Å². The van der Waals surface area contributed by atoms with E-state index >= 15 is 0 Å². The average Bonchev–Trinajstić information content (AvgIpc) is 2.38. The minimum atomic E-state index is -0.917. The van der Waals surface area contributed by atoms with Gasteiger partial charge in [-0.05, 0) is 44.0 Å². The van der Waals surface area contributed by atoms with Gasteiger partial charge in [0.1, 0.15) is 0 Å². The summed E-state index contributed by atoms with van der Waals surface area (Å²) in [6.07, 6.45) is 3.04. The summed E-state index contributed by atoms with van der Waals surface area (Å²) in [6.45, 7) is 4.88. The molecule has 0 bridgehead atoms. The van der Waals surface area contributed by atoms with Crippen LogP contribution < -0.4 is 5.32 Å². The molecule has 3 atom stereocenters. The van der Waals surface area contributed by atoms with Gasteiger partial charge in [-0.15, -0.1) is 0 Å². The highest BCUT2D eigenvalue weighted by Crippen LogP contribution is 2.15. The van der Waals surface area contributed by atoms with Gasteiger partial charge in [0.25, 0.3) is 0 Å². The number of aliphatic hydroxyl groups is 1. The fraction of sp³-hybridized carbons (Fsp3) is 0.571. The first-order valence-corrected chi connectivity index (χ1v) is 7.95. The van der Waals surface area contributed by atoms with Crippen LogP contribution in [0.5, 0.6) is 0 Å². The lowest BCUT2D eigenvalue weighted by atomic mass is 10.1. The molecule has 0 aliphatic carbocycles. The number of nitrogens with one attached hydrogen (secondary N) is 1. The molecule has 0 fully saturated rings. The lowest BCUT2D eigenvalue weighted by Gasteiger charge is -2.16. The third-order valence-electron chi connectivity index (χ3n) is 3.11. The summed E-state index contributed by atoms with van der Waals surface area (Å²) in [6, 6.07) is 8.07. The highest BCUT2D eigenvalue weighted by atomic mass is 32.2. The Balaban J connectivity index is 2.46. The van der Waals surface area contributed by atoms with E-state index in [0.717, 1.165) is 24.3 Å². The van der Waals surface area contributed by atoms with Crippen molar-refractivity contribution >= 4 is 10.8 Å². The van der Waals surface area contributed by atoms with Gasteiger partial charge in [-0.2, -0.15) is 0 Å². The summed E-state index contributed by atoms with van der Waals surface area (Å²) in [5.74, 6) is 0. The van der Waals surface area contributed by atoms with Crippen LogP contribution in [0.1, 0.15) is 38.3 Å². The molecule has 0 radical (unpaired) electrons. The minimum absolute atomic E-state index is 0.213. The van der Waals surface area contributed by atoms with Crippen molar-refractivity contribution in [1.82, 2.24) is 5.32 Å². The van der Waals surface area contributed by atoms with Gasteiger partial charge < -0.3 is 10.4 Å². The fourth-order valence-corrected chi connectivity index (χ4v) is 2.26. The second-order valence-electron chi connectivity index (χ2n) is 4.55. The van der Waals surface area contributed by atoms with Crippen molar-refractivity contribution in [2.45, 2.75) is 43.7 Å². The Morgan fingerprint density at radius 3 is 2.44 bits per heavy atom.